The average Bonchev–Trinajstić information content (AvgIpc) is 3.19. The third-order valence-corrected chi connectivity index (χ3v) is 8.02. The maximum Gasteiger partial charge on any atom is 0.0254 e. The van der Waals surface area contributed by atoms with Crippen molar-refractivity contribution in [3.05, 3.63) is 68.6 Å². The van der Waals surface area contributed by atoms with E-state index < -0.39 is 0 Å². The maximum atomic E-state index is 3.81. The van der Waals surface area contributed by atoms with Gasteiger partial charge < -0.3 is 0 Å². The molecule has 0 heterocycles. The average molecular weight is 466 g/mol. The third-order valence-electron chi connectivity index (χ3n) is 6.64. The molecule has 0 amide bonds. The molecular formula is C24H18Br2. The molecule has 2 aliphatic rings. The molecule has 2 aliphatic carbocycles. The number of hydrogen-bond acceptors (Lipinski definition) is 0. The van der Waals surface area contributed by atoms with Gasteiger partial charge in [-0.1, -0.05) is 81.1 Å². The maximum absolute atomic E-state index is 3.81. The number of halogens is 2. The van der Waals surface area contributed by atoms with E-state index in [1.807, 2.05) is 0 Å². The van der Waals surface area contributed by atoms with E-state index in [1.54, 1.807) is 11.1 Å². The lowest BCUT2D eigenvalue weighted by Gasteiger charge is -2.32. The van der Waals surface area contributed by atoms with Crippen LogP contribution in [0.15, 0.2) is 57.5 Å². The highest BCUT2D eigenvalue weighted by molar-refractivity contribution is 9.11. The molecule has 0 radical (unpaired) electrons. The van der Waals surface area contributed by atoms with Gasteiger partial charge in [-0.15, -0.1) is 0 Å². The van der Waals surface area contributed by atoms with Crippen LogP contribution in [0.5, 0.6) is 0 Å². The smallest absolute Gasteiger partial charge is 0.0254 e. The van der Waals surface area contributed by atoms with E-state index in [1.165, 1.54) is 66.9 Å². The summed E-state index contributed by atoms with van der Waals surface area (Å²) in [5, 5.41) is 8.47. The predicted octanol–water partition coefficient (Wildman–Crippen LogP) is 8.31. The molecule has 1 saturated carbocycles. The van der Waals surface area contributed by atoms with Gasteiger partial charge in [0.25, 0.3) is 0 Å². The summed E-state index contributed by atoms with van der Waals surface area (Å²) in [6, 6.07) is 18.5. The van der Waals surface area contributed by atoms with E-state index in [9.17, 15) is 0 Å². The Labute approximate surface area is 169 Å². The molecule has 0 N–H and O–H groups in total. The van der Waals surface area contributed by atoms with Crippen molar-refractivity contribution in [2.24, 2.45) is 5.92 Å². The van der Waals surface area contributed by atoms with Crippen LogP contribution in [-0.2, 0) is 0 Å². The first-order valence-electron chi connectivity index (χ1n) is 9.50. The Morgan fingerprint density at radius 1 is 0.615 bits per heavy atom. The first kappa shape index (κ1) is 15.7. The van der Waals surface area contributed by atoms with Crippen molar-refractivity contribution in [2.75, 3.05) is 0 Å². The fraction of sp³-hybridized carbons (Fsp3) is 0.250. The van der Waals surface area contributed by atoms with Crippen molar-refractivity contribution in [3.63, 3.8) is 0 Å². The first-order chi connectivity index (χ1) is 12.7. The lowest BCUT2D eigenvalue weighted by molar-refractivity contribution is 0.487. The summed E-state index contributed by atoms with van der Waals surface area (Å²) in [5.74, 6) is 1.30. The molecule has 0 unspecified atom stereocenters. The second-order valence-corrected chi connectivity index (χ2v) is 9.58. The fourth-order valence-electron chi connectivity index (χ4n) is 5.57. The van der Waals surface area contributed by atoms with Gasteiger partial charge in [0, 0.05) is 14.9 Å². The Morgan fingerprint density at radius 2 is 1.15 bits per heavy atom. The van der Waals surface area contributed by atoms with Crippen molar-refractivity contribution in [3.8, 4) is 0 Å². The van der Waals surface area contributed by atoms with E-state index in [4.69, 9.17) is 0 Å². The topological polar surface area (TPSA) is 0 Å². The second kappa shape index (κ2) is 5.56. The monoisotopic (exact) mass is 464 g/mol. The van der Waals surface area contributed by atoms with Gasteiger partial charge in [-0.2, -0.15) is 0 Å². The molecule has 128 valence electrons. The minimum Gasteiger partial charge on any atom is -0.0566 e. The molecule has 1 fully saturated rings. The molecule has 0 spiro atoms. The zero-order chi connectivity index (χ0) is 17.4. The summed E-state index contributed by atoms with van der Waals surface area (Å²) in [7, 11) is 0. The summed E-state index contributed by atoms with van der Waals surface area (Å²) < 4.78 is 2.41. The largest absolute Gasteiger partial charge is 0.0566 e. The molecule has 0 bridgehead atoms. The predicted molar refractivity (Wildman–Crippen MR) is 118 cm³/mol. The normalized spacial score (nSPS) is 17.5. The van der Waals surface area contributed by atoms with Crippen LogP contribution in [0.3, 0.4) is 0 Å². The molecule has 0 saturated heterocycles. The minimum absolute atomic E-state index is 0.532. The van der Waals surface area contributed by atoms with Crippen molar-refractivity contribution in [2.45, 2.75) is 31.6 Å². The highest BCUT2D eigenvalue weighted by atomic mass is 79.9. The third kappa shape index (κ3) is 1.95. The highest BCUT2D eigenvalue weighted by Gasteiger charge is 2.34. The Hall–Kier alpha value is -1.38. The molecule has 2 heteroatoms. The van der Waals surface area contributed by atoms with Gasteiger partial charge in [-0.25, -0.2) is 0 Å². The molecule has 4 aromatic carbocycles. The van der Waals surface area contributed by atoms with Gasteiger partial charge >= 0.3 is 0 Å². The summed E-state index contributed by atoms with van der Waals surface area (Å²) >= 11 is 7.62. The molecule has 4 aromatic rings. The molecule has 0 aromatic heterocycles. The Balaban J connectivity index is 1.89. The Bertz CT molecular complexity index is 1130. The van der Waals surface area contributed by atoms with E-state index in [-0.39, 0.29) is 0 Å². The van der Waals surface area contributed by atoms with Gasteiger partial charge in [0.05, 0.1) is 0 Å². The van der Waals surface area contributed by atoms with E-state index in [2.05, 4.69) is 80.4 Å². The van der Waals surface area contributed by atoms with Gasteiger partial charge in [0.15, 0.2) is 0 Å². The van der Waals surface area contributed by atoms with Crippen LogP contribution in [0, 0.1) is 5.92 Å². The van der Waals surface area contributed by atoms with Crippen LogP contribution >= 0.6 is 31.9 Å². The summed E-state index contributed by atoms with van der Waals surface area (Å²) in [4.78, 5) is 0. The summed E-state index contributed by atoms with van der Waals surface area (Å²) in [6.07, 6.45) is 5.48. The van der Waals surface area contributed by atoms with E-state index >= 15 is 0 Å². The zero-order valence-corrected chi connectivity index (χ0v) is 17.5. The second-order valence-electron chi connectivity index (χ2n) is 7.87. The molecule has 26 heavy (non-hydrogen) atoms. The van der Waals surface area contributed by atoms with Crippen LogP contribution < -0.4 is 0 Å². The van der Waals surface area contributed by atoms with Crippen molar-refractivity contribution < 1.29 is 0 Å². The molecule has 0 atom stereocenters. The van der Waals surface area contributed by atoms with Crippen LogP contribution in [-0.4, -0.2) is 0 Å². The molecular weight excluding hydrogens is 448 g/mol. The van der Waals surface area contributed by atoms with E-state index in [0.717, 1.165) is 5.92 Å². The van der Waals surface area contributed by atoms with E-state index in [0.29, 0.717) is 5.92 Å². The van der Waals surface area contributed by atoms with Crippen LogP contribution in [0.1, 0.15) is 42.7 Å². The van der Waals surface area contributed by atoms with Gasteiger partial charge in [0.1, 0.15) is 0 Å². The zero-order valence-electron chi connectivity index (χ0n) is 14.4. The SMILES string of the molecule is Brc1ccc2c3c1ccc1ccc4c(Br)ccc(c4c13)C2C1CCCC1. The number of rotatable bonds is 1. The van der Waals surface area contributed by atoms with Crippen LogP contribution in [0.25, 0.3) is 32.3 Å². The first-order valence-corrected chi connectivity index (χ1v) is 11.1. The minimum atomic E-state index is 0.532. The van der Waals surface area contributed by atoms with Crippen LogP contribution in [0.2, 0.25) is 0 Å². The molecule has 0 nitrogen and oxygen atoms in total. The standard InChI is InChI=1S/C24H18Br2/c25-19-11-9-17-21(13-3-1-2-4-13)18-10-12-20(26)16-8-6-14-5-7-15(19)23(17)22(14)24(16)18/h5-13,21H,1-4H2. The lowest BCUT2D eigenvalue weighted by Crippen LogP contribution is -2.15. The van der Waals surface area contributed by atoms with Gasteiger partial charge in [-0.3, -0.25) is 0 Å². The number of benzene rings is 4. The molecule has 0 aliphatic heterocycles. The lowest BCUT2D eigenvalue weighted by atomic mass is 9.72. The fourth-order valence-corrected chi connectivity index (χ4v) is 6.50. The van der Waals surface area contributed by atoms with Gasteiger partial charge in [0.2, 0.25) is 0 Å². The van der Waals surface area contributed by atoms with Crippen molar-refractivity contribution in [1.82, 2.24) is 0 Å². The number of hydrogen-bond donors (Lipinski definition) is 0. The summed E-state index contributed by atoms with van der Waals surface area (Å²) in [6.45, 7) is 0. The molecule has 6 rings (SSSR count). The Kier molecular flexibility index (Phi) is 3.35. The Morgan fingerprint density at radius 3 is 1.69 bits per heavy atom. The highest BCUT2D eigenvalue weighted by Crippen LogP contribution is 2.53. The summed E-state index contributed by atoms with van der Waals surface area (Å²) in [5.41, 5.74) is 3.09. The van der Waals surface area contributed by atoms with Crippen LogP contribution in [0.4, 0.5) is 0 Å². The van der Waals surface area contributed by atoms with Gasteiger partial charge in [-0.05, 0) is 74.3 Å². The van der Waals surface area contributed by atoms with Crippen molar-refractivity contribution in [1.29, 1.82) is 0 Å². The quantitative estimate of drug-likeness (QED) is 0.248. The van der Waals surface area contributed by atoms with Crippen molar-refractivity contribution >= 4 is 64.2 Å².